The first-order valence-corrected chi connectivity index (χ1v) is 14.9. The lowest BCUT2D eigenvalue weighted by Crippen LogP contribution is -2.56. The normalized spacial score (nSPS) is 12.5. The van der Waals surface area contributed by atoms with Crippen LogP contribution in [0.25, 0.3) is 0 Å². The van der Waals surface area contributed by atoms with Crippen LogP contribution in [0.15, 0.2) is 72.8 Å². The van der Waals surface area contributed by atoms with Crippen molar-refractivity contribution in [2.45, 2.75) is 59.2 Å². The Bertz CT molecular complexity index is 1420. The molecular formula is C31H38FN3O4S. The van der Waals surface area contributed by atoms with E-state index >= 15 is 0 Å². The maximum absolute atomic E-state index is 14.1. The first-order chi connectivity index (χ1) is 18.6. The Kier molecular flexibility index (Phi) is 9.73. The highest BCUT2D eigenvalue weighted by Gasteiger charge is 2.34. The zero-order valence-corrected chi connectivity index (χ0v) is 24.8. The van der Waals surface area contributed by atoms with Crippen LogP contribution >= 0.6 is 0 Å². The number of halogens is 1. The molecule has 1 atom stereocenters. The van der Waals surface area contributed by atoms with Gasteiger partial charge in [-0.05, 0) is 81.1 Å². The van der Waals surface area contributed by atoms with Gasteiger partial charge in [0.25, 0.3) is 0 Å². The van der Waals surface area contributed by atoms with Crippen molar-refractivity contribution >= 4 is 27.5 Å². The van der Waals surface area contributed by atoms with Crippen LogP contribution in [0.2, 0.25) is 0 Å². The Hall–Kier alpha value is -3.72. The molecule has 0 spiro atoms. The largest absolute Gasteiger partial charge is 0.350 e. The fraction of sp³-hybridized carbons (Fsp3) is 0.355. The second kappa shape index (κ2) is 12.6. The zero-order valence-electron chi connectivity index (χ0n) is 23.9. The van der Waals surface area contributed by atoms with Gasteiger partial charge in [-0.3, -0.25) is 13.9 Å². The summed E-state index contributed by atoms with van der Waals surface area (Å²) < 4.78 is 40.6. The van der Waals surface area contributed by atoms with E-state index in [0.29, 0.717) is 11.3 Å². The average molecular weight is 568 g/mol. The number of hydrogen-bond donors (Lipinski definition) is 1. The van der Waals surface area contributed by atoms with Gasteiger partial charge >= 0.3 is 0 Å². The summed E-state index contributed by atoms with van der Waals surface area (Å²) in [4.78, 5) is 29.2. The van der Waals surface area contributed by atoms with Gasteiger partial charge in [-0.25, -0.2) is 12.8 Å². The predicted octanol–water partition coefficient (Wildman–Crippen LogP) is 4.76. The van der Waals surface area contributed by atoms with E-state index in [1.54, 1.807) is 24.3 Å². The van der Waals surface area contributed by atoms with Crippen LogP contribution in [-0.2, 0) is 32.6 Å². The molecule has 0 aliphatic heterocycles. The lowest BCUT2D eigenvalue weighted by Gasteiger charge is -2.35. The minimum absolute atomic E-state index is 0.0153. The number of nitrogens with zero attached hydrogens (tertiary/aromatic N) is 2. The van der Waals surface area contributed by atoms with E-state index in [1.807, 2.05) is 71.0 Å². The summed E-state index contributed by atoms with van der Waals surface area (Å²) in [7, 11) is -3.86. The van der Waals surface area contributed by atoms with E-state index in [4.69, 9.17) is 0 Å². The quantitative estimate of drug-likeness (QED) is 0.383. The molecule has 0 aromatic heterocycles. The van der Waals surface area contributed by atoms with Crippen LogP contribution in [0, 0.1) is 19.7 Å². The number of hydrogen-bond acceptors (Lipinski definition) is 4. The highest BCUT2D eigenvalue weighted by atomic mass is 32.2. The minimum Gasteiger partial charge on any atom is -0.350 e. The summed E-state index contributed by atoms with van der Waals surface area (Å²) >= 11 is 0. The highest BCUT2D eigenvalue weighted by Crippen LogP contribution is 2.23. The standard InChI is InChI=1S/C31H38FN3O4S/c1-22-16-23(2)18-27(17-22)35(40(6,38)39)21-29(36)34(20-25-12-14-26(32)15-13-25)28(30(37)33-31(3,4)5)19-24-10-8-7-9-11-24/h7-18,28H,19-21H2,1-6H3,(H,33,37). The van der Waals surface area contributed by atoms with Crippen LogP contribution in [0.3, 0.4) is 0 Å². The Labute approximate surface area is 237 Å². The van der Waals surface area contributed by atoms with E-state index in [0.717, 1.165) is 27.3 Å². The molecule has 0 radical (unpaired) electrons. The fourth-order valence-corrected chi connectivity index (χ4v) is 5.34. The summed E-state index contributed by atoms with van der Waals surface area (Å²) in [5.74, 6) is -1.35. The second-order valence-corrected chi connectivity index (χ2v) is 13.1. The van der Waals surface area contributed by atoms with Gasteiger partial charge in [0.2, 0.25) is 21.8 Å². The minimum atomic E-state index is -3.86. The van der Waals surface area contributed by atoms with Crippen LogP contribution in [0.4, 0.5) is 10.1 Å². The maximum atomic E-state index is 14.1. The average Bonchev–Trinajstić information content (AvgIpc) is 2.84. The van der Waals surface area contributed by atoms with E-state index in [-0.39, 0.29) is 18.9 Å². The summed E-state index contributed by atoms with van der Waals surface area (Å²) in [5.41, 5.74) is 2.94. The van der Waals surface area contributed by atoms with Gasteiger partial charge in [-0.1, -0.05) is 48.5 Å². The number of aryl methyl sites for hydroxylation is 2. The van der Waals surface area contributed by atoms with Gasteiger partial charge in [-0.2, -0.15) is 0 Å². The van der Waals surface area contributed by atoms with Crippen molar-refractivity contribution in [3.63, 3.8) is 0 Å². The van der Waals surface area contributed by atoms with Gasteiger partial charge in [0.05, 0.1) is 11.9 Å². The van der Waals surface area contributed by atoms with Crippen molar-refractivity contribution in [1.82, 2.24) is 10.2 Å². The van der Waals surface area contributed by atoms with Gasteiger partial charge in [-0.15, -0.1) is 0 Å². The molecule has 9 heteroatoms. The van der Waals surface area contributed by atoms with Crippen LogP contribution in [0.1, 0.15) is 43.0 Å². The number of amides is 2. The highest BCUT2D eigenvalue weighted by molar-refractivity contribution is 7.92. The molecule has 3 aromatic rings. The molecule has 3 rings (SSSR count). The SMILES string of the molecule is Cc1cc(C)cc(N(CC(=O)N(Cc2ccc(F)cc2)C(Cc2ccccc2)C(=O)NC(C)(C)C)S(C)(=O)=O)c1. The smallest absolute Gasteiger partial charge is 0.244 e. The molecule has 1 unspecified atom stereocenters. The second-order valence-electron chi connectivity index (χ2n) is 11.2. The molecule has 0 fully saturated rings. The van der Waals surface area contributed by atoms with E-state index in [2.05, 4.69) is 5.32 Å². The third-order valence-electron chi connectivity index (χ3n) is 6.21. The first kappa shape index (κ1) is 30.8. The van der Waals surface area contributed by atoms with Gasteiger partial charge < -0.3 is 10.2 Å². The lowest BCUT2D eigenvalue weighted by molar-refractivity contribution is -0.140. The number of nitrogens with one attached hydrogen (secondary N) is 1. The van der Waals surface area contributed by atoms with Crippen molar-refractivity contribution in [2.24, 2.45) is 0 Å². The Morgan fingerprint density at radius 3 is 2.00 bits per heavy atom. The third-order valence-corrected chi connectivity index (χ3v) is 7.35. The van der Waals surface area contributed by atoms with Crippen LogP contribution < -0.4 is 9.62 Å². The molecule has 1 N–H and O–H groups in total. The Morgan fingerprint density at radius 2 is 1.48 bits per heavy atom. The molecule has 214 valence electrons. The molecule has 0 saturated carbocycles. The molecule has 0 aliphatic rings. The Morgan fingerprint density at radius 1 is 0.900 bits per heavy atom. The van der Waals surface area contributed by atoms with Crippen molar-refractivity contribution < 1.29 is 22.4 Å². The molecule has 40 heavy (non-hydrogen) atoms. The summed E-state index contributed by atoms with van der Waals surface area (Å²) in [5, 5.41) is 2.98. The van der Waals surface area contributed by atoms with Crippen molar-refractivity contribution in [3.05, 3.63) is 101 Å². The van der Waals surface area contributed by atoms with Gasteiger partial charge in [0.1, 0.15) is 18.4 Å². The Balaban J connectivity index is 2.08. The number of anilines is 1. The molecule has 0 heterocycles. The van der Waals surface area contributed by atoms with Crippen molar-refractivity contribution in [1.29, 1.82) is 0 Å². The molecule has 0 saturated heterocycles. The first-order valence-electron chi connectivity index (χ1n) is 13.1. The van der Waals surface area contributed by atoms with Crippen molar-refractivity contribution in [3.8, 4) is 0 Å². The molecule has 2 amide bonds. The van der Waals surface area contributed by atoms with Crippen LogP contribution in [-0.4, -0.2) is 49.5 Å². The number of carbonyl (C=O) groups excluding carboxylic acids is 2. The van der Waals surface area contributed by atoms with E-state index in [9.17, 15) is 22.4 Å². The molecule has 7 nitrogen and oxygen atoms in total. The topological polar surface area (TPSA) is 86.8 Å². The summed E-state index contributed by atoms with van der Waals surface area (Å²) in [6.07, 6.45) is 1.26. The van der Waals surface area contributed by atoms with E-state index < -0.39 is 39.9 Å². The zero-order chi connectivity index (χ0) is 29.7. The van der Waals surface area contributed by atoms with Crippen molar-refractivity contribution in [2.75, 3.05) is 17.1 Å². The van der Waals surface area contributed by atoms with Crippen LogP contribution in [0.5, 0.6) is 0 Å². The number of sulfonamides is 1. The molecular weight excluding hydrogens is 529 g/mol. The van der Waals surface area contributed by atoms with E-state index in [1.165, 1.54) is 17.0 Å². The van der Waals surface area contributed by atoms with Gasteiger partial charge in [0.15, 0.2) is 0 Å². The summed E-state index contributed by atoms with van der Waals surface area (Å²) in [6.45, 7) is 8.74. The number of rotatable bonds is 10. The fourth-order valence-electron chi connectivity index (χ4n) is 4.50. The maximum Gasteiger partial charge on any atom is 0.244 e. The third kappa shape index (κ3) is 8.91. The molecule has 0 aliphatic carbocycles. The summed E-state index contributed by atoms with van der Waals surface area (Å²) in [6, 6.07) is 19.4. The predicted molar refractivity (Wildman–Crippen MR) is 157 cm³/mol. The lowest BCUT2D eigenvalue weighted by atomic mass is 10.0. The number of carbonyl (C=O) groups is 2. The molecule has 0 bridgehead atoms. The number of benzene rings is 3. The van der Waals surface area contributed by atoms with Gasteiger partial charge in [0, 0.05) is 18.5 Å². The molecule has 3 aromatic carbocycles. The monoisotopic (exact) mass is 567 g/mol.